The van der Waals surface area contributed by atoms with E-state index in [1.807, 2.05) is 70.6 Å². The summed E-state index contributed by atoms with van der Waals surface area (Å²) in [4.78, 5) is 16.2. The summed E-state index contributed by atoms with van der Waals surface area (Å²) in [6, 6.07) is 19.5. The molecule has 5 rings (SSSR count). The van der Waals surface area contributed by atoms with Crippen LogP contribution in [0, 0.1) is 0 Å². The third-order valence-electron chi connectivity index (χ3n) is 4.91. The van der Waals surface area contributed by atoms with Crippen molar-refractivity contribution in [3.8, 4) is 17.2 Å². The molecule has 9 heteroatoms. The van der Waals surface area contributed by atoms with Crippen molar-refractivity contribution in [1.82, 2.24) is 14.8 Å². The maximum atomic E-state index is 13.4. The summed E-state index contributed by atoms with van der Waals surface area (Å²) in [5, 5.41) is 10.9. The average molecular weight is 465 g/mol. The Morgan fingerprint density at radius 2 is 1.91 bits per heavy atom. The van der Waals surface area contributed by atoms with Gasteiger partial charge in [0.2, 0.25) is 5.91 Å². The highest BCUT2D eigenvalue weighted by Crippen LogP contribution is 2.35. The molecular weight excluding hydrogens is 444 g/mol. The monoisotopic (exact) mass is 464 g/mol. The molecule has 0 atom stereocenters. The van der Waals surface area contributed by atoms with E-state index < -0.39 is 0 Å². The van der Waals surface area contributed by atoms with Crippen LogP contribution in [0.15, 0.2) is 77.5 Å². The molecule has 0 aliphatic carbocycles. The molecule has 4 aromatic rings. The van der Waals surface area contributed by atoms with E-state index in [0.29, 0.717) is 36.4 Å². The number of aromatic nitrogens is 3. The van der Waals surface area contributed by atoms with Crippen LogP contribution in [0.2, 0.25) is 0 Å². The zero-order chi connectivity index (χ0) is 21.8. The molecule has 3 heterocycles. The number of carbonyl (C=O) groups excluding carboxylic acids is 1. The lowest BCUT2D eigenvalue weighted by Crippen LogP contribution is -2.32. The molecule has 7 nitrogen and oxygen atoms in total. The van der Waals surface area contributed by atoms with Crippen molar-refractivity contribution in [2.75, 3.05) is 23.9 Å². The molecular formula is C23H20N4O3S2. The maximum Gasteiger partial charge on any atom is 0.237 e. The van der Waals surface area contributed by atoms with Crippen molar-refractivity contribution in [3.63, 3.8) is 0 Å². The number of benzene rings is 2. The first-order valence-corrected chi connectivity index (χ1v) is 11.9. The van der Waals surface area contributed by atoms with Crippen LogP contribution < -0.4 is 14.4 Å². The molecule has 1 aliphatic heterocycles. The number of anilines is 1. The number of ether oxygens (including phenoxy) is 2. The molecule has 0 fully saturated rings. The van der Waals surface area contributed by atoms with Crippen LogP contribution in [0.3, 0.4) is 0 Å². The largest absolute Gasteiger partial charge is 0.486 e. The van der Waals surface area contributed by atoms with E-state index in [9.17, 15) is 4.79 Å². The quantitative estimate of drug-likeness (QED) is 0.377. The van der Waals surface area contributed by atoms with E-state index in [4.69, 9.17) is 9.47 Å². The number of thiophene rings is 1. The van der Waals surface area contributed by atoms with E-state index in [2.05, 4.69) is 10.2 Å². The predicted octanol–water partition coefficient (Wildman–Crippen LogP) is 4.43. The molecule has 0 bridgehead atoms. The SMILES string of the molecule is O=C(CSc1nncn1-c1ccccc1)N(Cc1cccs1)c1ccc2c(c1)OCCO2. The van der Waals surface area contributed by atoms with E-state index in [1.54, 1.807) is 22.6 Å². The van der Waals surface area contributed by atoms with Crippen LogP contribution in [0.1, 0.15) is 4.88 Å². The Kier molecular flexibility index (Phi) is 6.09. The van der Waals surface area contributed by atoms with Crippen LogP contribution in [0.5, 0.6) is 11.5 Å². The zero-order valence-electron chi connectivity index (χ0n) is 17.1. The third kappa shape index (κ3) is 4.49. The summed E-state index contributed by atoms with van der Waals surface area (Å²) in [5.74, 6) is 1.57. The molecule has 0 unspecified atom stereocenters. The number of thioether (sulfide) groups is 1. The second-order valence-electron chi connectivity index (χ2n) is 6.99. The van der Waals surface area contributed by atoms with Crippen LogP contribution >= 0.6 is 23.1 Å². The number of para-hydroxylation sites is 1. The Bertz CT molecular complexity index is 1200. The molecule has 2 aromatic carbocycles. The molecule has 32 heavy (non-hydrogen) atoms. The van der Waals surface area contributed by atoms with Crippen LogP contribution in [-0.4, -0.2) is 39.6 Å². The summed E-state index contributed by atoms with van der Waals surface area (Å²) >= 11 is 2.99. The molecule has 0 saturated heterocycles. The lowest BCUT2D eigenvalue weighted by molar-refractivity contribution is -0.116. The van der Waals surface area contributed by atoms with Gasteiger partial charge in [-0.1, -0.05) is 36.0 Å². The average Bonchev–Trinajstić information content (AvgIpc) is 3.53. The Labute approximate surface area is 193 Å². The highest BCUT2D eigenvalue weighted by molar-refractivity contribution is 7.99. The minimum absolute atomic E-state index is 0.0253. The van der Waals surface area contributed by atoms with Crippen LogP contribution in [-0.2, 0) is 11.3 Å². The lowest BCUT2D eigenvalue weighted by Gasteiger charge is -2.25. The van der Waals surface area contributed by atoms with E-state index in [0.717, 1.165) is 16.3 Å². The summed E-state index contributed by atoms with van der Waals surface area (Å²) in [5.41, 5.74) is 1.73. The van der Waals surface area contributed by atoms with Gasteiger partial charge in [0.25, 0.3) is 0 Å². The summed E-state index contributed by atoms with van der Waals surface area (Å²) < 4.78 is 13.2. The first-order chi connectivity index (χ1) is 15.8. The van der Waals surface area contributed by atoms with Gasteiger partial charge in [0.1, 0.15) is 19.5 Å². The van der Waals surface area contributed by atoms with Gasteiger partial charge in [0.05, 0.1) is 12.3 Å². The fourth-order valence-electron chi connectivity index (χ4n) is 3.37. The van der Waals surface area contributed by atoms with Gasteiger partial charge in [-0.15, -0.1) is 21.5 Å². The molecule has 1 amide bonds. The molecule has 162 valence electrons. The van der Waals surface area contributed by atoms with Crippen molar-refractivity contribution in [1.29, 1.82) is 0 Å². The standard InChI is InChI=1S/C23H20N4O3S2/c28-22(15-32-23-25-24-16-27(23)17-5-2-1-3-6-17)26(14-19-7-4-12-31-19)18-8-9-20-21(13-18)30-11-10-29-20/h1-9,12-13,16H,10-11,14-15H2. The van der Waals surface area contributed by atoms with Gasteiger partial charge in [-0.2, -0.15) is 0 Å². The van der Waals surface area contributed by atoms with E-state index >= 15 is 0 Å². The smallest absolute Gasteiger partial charge is 0.237 e. The Morgan fingerprint density at radius 3 is 2.72 bits per heavy atom. The minimum Gasteiger partial charge on any atom is -0.486 e. The summed E-state index contributed by atoms with van der Waals surface area (Å²) in [7, 11) is 0. The fraction of sp³-hybridized carbons (Fsp3) is 0.174. The molecule has 1 aliphatic rings. The van der Waals surface area contributed by atoms with Gasteiger partial charge in [-0.3, -0.25) is 9.36 Å². The second kappa shape index (κ2) is 9.46. The van der Waals surface area contributed by atoms with E-state index in [1.165, 1.54) is 11.8 Å². The minimum atomic E-state index is -0.0253. The fourth-order valence-corrected chi connectivity index (χ4v) is 4.87. The van der Waals surface area contributed by atoms with Gasteiger partial charge < -0.3 is 14.4 Å². The number of nitrogens with zero attached hydrogens (tertiary/aromatic N) is 4. The number of amides is 1. The first-order valence-electron chi connectivity index (χ1n) is 10.1. The Hall–Kier alpha value is -3.30. The number of hydrogen-bond acceptors (Lipinski definition) is 7. The van der Waals surface area contributed by atoms with Crippen molar-refractivity contribution in [3.05, 3.63) is 77.2 Å². The summed E-state index contributed by atoms with van der Waals surface area (Å²) in [6.45, 7) is 1.52. The normalized spacial score (nSPS) is 12.5. The molecule has 0 radical (unpaired) electrons. The van der Waals surface area contributed by atoms with Gasteiger partial charge in [-0.25, -0.2) is 0 Å². The van der Waals surface area contributed by atoms with Gasteiger partial charge in [-0.05, 0) is 35.7 Å². The van der Waals surface area contributed by atoms with Crippen LogP contribution in [0.4, 0.5) is 5.69 Å². The van der Waals surface area contributed by atoms with Crippen molar-refractivity contribution in [2.45, 2.75) is 11.7 Å². The molecule has 0 spiro atoms. The highest BCUT2D eigenvalue weighted by Gasteiger charge is 2.21. The van der Waals surface area contributed by atoms with Crippen molar-refractivity contribution >= 4 is 34.7 Å². The van der Waals surface area contributed by atoms with Gasteiger partial charge in [0, 0.05) is 22.3 Å². The molecule has 2 aromatic heterocycles. The predicted molar refractivity (Wildman–Crippen MR) is 125 cm³/mol. The zero-order valence-corrected chi connectivity index (χ0v) is 18.7. The molecule has 0 saturated carbocycles. The highest BCUT2D eigenvalue weighted by atomic mass is 32.2. The maximum absolute atomic E-state index is 13.4. The van der Waals surface area contributed by atoms with E-state index in [-0.39, 0.29) is 11.7 Å². The van der Waals surface area contributed by atoms with Crippen molar-refractivity contribution < 1.29 is 14.3 Å². The third-order valence-corrected chi connectivity index (χ3v) is 6.70. The number of fused-ring (bicyclic) bond motifs is 1. The number of hydrogen-bond donors (Lipinski definition) is 0. The topological polar surface area (TPSA) is 69.5 Å². The summed E-state index contributed by atoms with van der Waals surface area (Å²) in [6.07, 6.45) is 1.66. The number of carbonyl (C=O) groups is 1. The first kappa shape index (κ1) is 20.6. The van der Waals surface area contributed by atoms with Crippen molar-refractivity contribution in [2.24, 2.45) is 0 Å². The Balaban J connectivity index is 1.37. The lowest BCUT2D eigenvalue weighted by atomic mass is 10.2. The number of rotatable bonds is 7. The second-order valence-corrected chi connectivity index (χ2v) is 8.97. The van der Waals surface area contributed by atoms with Crippen LogP contribution in [0.25, 0.3) is 5.69 Å². The van der Waals surface area contributed by atoms with Gasteiger partial charge in [0.15, 0.2) is 16.7 Å². The molecule has 0 N–H and O–H groups in total. The Morgan fingerprint density at radius 1 is 1.06 bits per heavy atom. The van der Waals surface area contributed by atoms with Gasteiger partial charge >= 0.3 is 0 Å².